The maximum Gasteiger partial charge on any atom is 2.00 e. The fourth-order valence-electron chi connectivity index (χ4n) is 2.40. The molecular weight excluding hydrogens is 945 g/mol. The zero-order valence-corrected chi connectivity index (χ0v) is 24.1. The molecule has 0 aliphatic rings. The SMILES string of the molecule is FC(F)(F)C([N-]C(C(F)(F)F)C(F)(F)F)[N-]C(C(F)(F)F)C(F)(F)F.FC(F)(F)C([N-]C(C(F)(F)F)C(F)(F)F)[N-]C(C(F)(F)F)C(F)(F)F.[Cu+2].[Cu+2]. The maximum absolute atomic E-state index is 12.3. The molecule has 52 heavy (non-hydrogen) atoms. The van der Waals surface area contributed by atoms with Gasteiger partial charge >= 0.3 is 95.9 Å². The Labute approximate surface area is 286 Å². The van der Waals surface area contributed by atoms with Gasteiger partial charge in [-0.3, -0.25) is 0 Å². The molecule has 4 nitrogen and oxygen atoms in total. The van der Waals surface area contributed by atoms with Crippen molar-refractivity contribution in [2.45, 2.75) is 98.3 Å². The first kappa shape index (κ1) is 57.5. The molecule has 0 aromatic carbocycles. The third-order valence-electron chi connectivity index (χ3n) is 4.23. The summed E-state index contributed by atoms with van der Waals surface area (Å²) < 4.78 is 364. The summed E-state index contributed by atoms with van der Waals surface area (Å²) in [6.45, 7) is 0. The van der Waals surface area contributed by atoms with Crippen molar-refractivity contribution in [3.05, 3.63) is 21.3 Å². The van der Waals surface area contributed by atoms with Gasteiger partial charge in [-0.15, -0.1) is 12.3 Å². The molecule has 0 unspecified atom stereocenters. The van der Waals surface area contributed by atoms with E-state index in [1.807, 2.05) is 0 Å². The van der Waals surface area contributed by atoms with Crippen LogP contribution in [-0.4, -0.2) is 98.3 Å². The van der Waals surface area contributed by atoms with Crippen LogP contribution in [0.3, 0.4) is 0 Å². The fraction of sp³-hybridized carbons (Fsp3) is 1.00. The number of halogens is 30. The van der Waals surface area contributed by atoms with E-state index in [0.717, 1.165) is 21.3 Å². The van der Waals surface area contributed by atoms with Gasteiger partial charge in [0.2, 0.25) is 0 Å². The minimum Gasteiger partial charge on any atom is -0.653 e. The first-order chi connectivity index (χ1) is 21.2. The van der Waals surface area contributed by atoms with Crippen molar-refractivity contribution in [1.29, 1.82) is 0 Å². The number of rotatable bonds is 8. The van der Waals surface area contributed by atoms with Gasteiger partial charge < -0.3 is 21.3 Å². The summed E-state index contributed by atoms with van der Waals surface area (Å²) in [7, 11) is 0. The molecule has 0 aromatic heterocycles. The van der Waals surface area contributed by atoms with Crippen LogP contribution in [0.1, 0.15) is 0 Å². The van der Waals surface area contributed by atoms with Crippen LogP contribution in [0.4, 0.5) is 132 Å². The topological polar surface area (TPSA) is 56.4 Å². The molecule has 36 heteroatoms. The monoisotopic (exact) mass is 950 g/mol. The maximum atomic E-state index is 12.3. The molecule has 0 heterocycles. The van der Waals surface area contributed by atoms with Crippen molar-refractivity contribution in [2.75, 3.05) is 0 Å². The third kappa shape index (κ3) is 19.9. The summed E-state index contributed by atoms with van der Waals surface area (Å²) >= 11 is 0. The Balaban J connectivity index is -0.000000427. The van der Waals surface area contributed by atoms with Crippen LogP contribution in [0.25, 0.3) is 21.3 Å². The second kappa shape index (κ2) is 18.2. The Morgan fingerprint density at radius 2 is 0.288 bits per heavy atom. The Hall–Kier alpha value is -1.22. The largest absolute Gasteiger partial charge is 2.00 e. The van der Waals surface area contributed by atoms with E-state index >= 15 is 0 Å². The molecule has 0 N–H and O–H groups in total. The molecule has 0 spiro atoms. The number of hydrogen-bond acceptors (Lipinski definition) is 0. The standard InChI is InChI=1S/2C8H3F15N2.2Cu/c2*9-4(10,11)1(5(12,13)14)24-3(8(21,22)23)25-2(6(15,16)17)7(18,19)20;;/h2*1-3H;;/q2*-2;2*+2. The molecule has 0 aliphatic carbocycles. The molecule has 0 rings (SSSR count). The molecule has 0 aromatic rings. The molecule has 0 saturated heterocycles. The van der Waals surface area contributed by atoms with Crippen LogP contribution >= 0.6 is 0 Å². The summed E-state index contributed by atoms with van der Waals surface area (Å²) in [5.74, 6) is 0. The predicted molar refractivity (Wildman–Crippen MR) is 96.7 cm³/mol. The Morgan fingerprint density at radius 1 is 0.192 bits per heavy atom. The summed E-state index contributed by atoms with van der Waals surface area (Å²) in [5.41, 5.74) is 0. The van der Waals surface area contributed by atoms with E-state index in [1.165, 1.54) is 0 Å². The molecule has 0 aliphatic heterocycles. The number of hydrogen-bond donors (Lipinski definition) is 0. The molecule has 322 valence electrons. The van der Waals surface area contributed by atoms with Gasteiger partial charge in [-0.25, -0.2) is 0 Å². The van der Waals surface area contributed by atoms with Crippen molar-refractivity contribution >= 4 is 0 Å². The van der Waals surface area contributed by atoms with Gasteiger partial charge in [0.15, 0.2) is 0 Å². The average Bonchev–Trinajstić information content (AvgIpc) is 2.70. The van der Waals surface area contributed by atoms with Crippen molar-refractivity contribution in [1.82, 2.24) is 0 Å². The Morgan fingerprint density at radius 3 is 0.346 bits per heavy atom. The molecule has 0 bridgehead atoms. The first-order valence-corrected chi connectivity index (χ1v) is 10.6. The van der Waals surface area contributed by atoms with Gasteiger partial charge in [-0.2, -0.15) is 132 Å². The Kier molecular flexibility index (Phi) is 20.1. The van der Waals surface area contributed by atoms with Gasteiger partial charge in [0.25, 0.3) is 0 Å². The van der Waals surface area contributed by atoms with Crippen molar-refractivity contribution in [2.24, 2.45) is 0 Å². The van der Waals surface area contributed by atoms with E-state index in [9.17, 15) is 132 Å². The zero-order chi connectivity index (χ0) is 41.3. The van der Waals surface area contributed by atoms with Gasteiger partial charge in [-0.1, -0.05) is 0 Å². The van der Waals surface area contributed by atoms with Crippen LogP contribution in [-0.2, 0) is 34.1 Å². The van der Waals surface area contributed by atoms with Crippen LogP contribution in [0.15, 0.2) is 0 Å². The molecule has 2 radical (unpaired) electrons. The van der Waals surface area contributed by atoms with Gasteiger partial charge in [-0.05, 0) is 0 Å². The molecule has 0 amide bonds. The minimum atomic E-state index is -6.57. The quantitative estimate of drug-likeness (QED) is 0.172. The van der Waals surface area contributed by atoms with E-state index in [4.69, 9.17) is 0 Å². The number of nitrogens with zero attached hydrogens (tertiary/aromatic N) is 4. The van der Waals surface area contributed by atoms with Crippen LogP contribution < -0.4 is 0 Å². The number of alkyl halides is 30. The van der Waals surface area contributed by atoms with E-state index in [1.54, 1.807) is 0 Å². The van der Waals surface area contributed by atoms with E-state index in [0.29, 0.717) is 0 Å². The van der Waals surface area contributed by atoms with Crippen molar-refractivity contribution in [3.63, 3.8) is 0 Å². The average molecular weight is 951 g/mol. The fourth-order valence-corrected chi connectivity index (χ4v) is 2.40. The molecule has 0 atom stereocenters. The van der Waals surface area contributed by atoms with Gasteiger partial charge in [0, 0.05) is 0 Å². The zero-order valence-electron chi connectivity index (χ0n) is 22.2. The summed E-state index contributed by atoms with van der Waals surface area (Å²) in [4.78, 5) is 0. The first-order valence-electron chi connectivity index (χ1n) is 10.6. The van der Waals surface area contributed by atoms with E-state index < -0.39 is 98.3 Å². The van der Waals surface area contributed by atoms with E-state index in [-0.39, 0.29) is 34.1 Å². The third-order valence-corrected chi connectivity index (χ3v) is 4.23. The second-order valence-electron chi connectivity index (χ2n) is 8.37. The predicted octanol–water partition coefficient (Wildman–Crippen LogP) is 11.2. The molecule has 0 fully saturated rings. The smallest absolute Gasteiger partial charge is 0.653 e. The van der Waals surface area contributed by atoms with Crippen LogP contribution in [0, 0.1) is 0 Å². The Bertz CT molecular complexity index is 817. The molecular formula is C16H6Cu2F30N4. The van der Waals surface area contributed by atoms with Gasteiger partial charge in [0.1, 0.15) is 0 Å². The van der Waals surface area contributed by atoms with Crippen LogP contribution in [0.2, 0.25) is 0 Å². The van der Waals surface area contributed by atoms with Crippen molar-refractivity contribution < 1.29 is 166 Å². The minimum absolute atomic E-state index is 0. The summed E-state index contributed by atoms with van der Waals surface area (Å²) in [6, 6.07) is -20.8. The van der Waals surface area contributed by atoms with Crippen molar-refractivity contribution in [3.8, 4) is 0 Å². The molecule has 0 saturated carbocycles. The normalized spacial score (nSPS) is 15.0. The van der Waals surface area contributed by atoms with Crippen LogP contribution in [0.5, 0.6) is 0 Å². The second-order valence-corrected chi connectivity index (χ2v) is 8.37. The van der Waals surface area contributed by atoms with Gasteiger partial charge in [0.05, 0.1) is 24.2 Å². The van der Waals surface area contributed by atoms with E-state index in [2.05, 4.69) is 0 Å². The summed E-state index contributed by atoms with van der Waals surface area (Å²) in [6.07, 6.45) is -75.3. The summed E-state index contributed by atoms with van der Waals surface area (Å²) in [5, 5.41) is 4.06.